The van der Waals surface area contributed by atoms with Gasteiger partial charge in [0.1, 0.15) is 12.4 Å². The zero-order chi connectivity index (χ0) is 12.1. The van der Waals surface area contributed by atoms with E-state index in [9.17, 15) is 4.79 Å². The minimum Gasteiger partial charge on any atom is -0.490 e. The zero-order valence-electron chi connectivity index (χ0n) is 9.93. The number of ether oxygens (including phenoxy) is 1. The van der Waals surface area contributed by atoms with Gasteiger partial charge in [-0.1, -0.05) is 0 Å². The Morgan fingerprint density at radius 3 is 3.24 bits per heavy atom. The summed E-state index contributed by atoms with van der Waals surface area (Å²) in [6.07, 6.45) is 6.28. The second-order valence-electron chi connectivity index (χ2n) is 4.26. The molecule has 17 heavy (non-hydrogen) atoms. The summed E-state index contributed by atoms with van der Waals surface area (Å²) in [5.41, 5.74) is 0.650. The fraction of sp³-hybridized carbons (Fsp3) is 0.500. The molecule has 0 bridgehead atoms. The van der Waals surface area contributed by atoms with Crippen molar-refractivity contribution in [2.24, 2.45) is 0 Å². The number of carbonyl (C=O) groups excluding carboxylic acids is 1. The van der Waals surface area contributed by atoms with Crippen LogP contribution in [0.4, 0.5) is 5.69 Å². The highest BCUT2D eigenvalue weighted by Crippen LogP contribution is 2.18. The molecule has 1 amide bonds. The molecule has 5 nitrogen and oxygen atoms in total. The van der Waals surface area contributed by atoms with Crippen molar-refractivity contribution in [3.05, 3.63) is 18.5 Å². The lowest BCUT2D eigenvalue weighted by molar-refractivity contribution is -0.105. The Labute approximate surface area is 101 Å². The summed E-state index contributed by atoms with van der Waals surface area (Å²) in [4.78, 5) is 16.6. The number of hydrogen-bond acceptors (Lipinski definition) is 4. The SMILES string of the molecule is CN1CCC[C@@H]1COc1cncc(NC=O)c1. The van der Waals surface area contributed by atoms with Crippen LogP contribution in [0.2, 0.25) is 0 Å². The number of nitrogens with one attached hydrogen (secondary N) is 1. The van der Waals surface area contributed by atoms with E-state index in [1.807, 2.05) is 0 Å². The monoisotopic (exact) mass is 235 g/mol. The number of hydrogen-bond donors (Lipinski definition) is 1. The molecule has 1 N–H and O–H groups in total. The molecule has 1 fully saturated rings. The van der Waals surface area contributed by atoms with Crippen LogP contribution in [-0.2, 0) is 4.79 Å². The second kappa shape index (κ2) is 5.63. The van der Waals surface area contributed by atoms with Gasteiger partial charge in [0, 0.05) is 12.1 Å². The highest BCUT2D eigenvalue weighted by molar-refractivity contribution is 5.71. The third-order valence-corrected chi connectivity index (χ3v) is 3.05. The Morgan fingerprint density at radius 2 is 2.53 bits per heavy atom. The average Bonchev–Trinajstić information content (AvgIpc) is 2.73. The molecule has 5 heteroatoms. The van der Waals surface area contributed by atoms with Gasteiger partial charge in [-0.05, 0) is 26.4 Å². The van der Waals surface area contributed by atoms with Gasteiger partial charge >= 0.3 is 0 Å². The first-order chi connectivity index (χ1) is 8.29. The van der Waals surface area contributed by atoms with E-state index in [-0.39, 0.29) is 0 Å². The van der Waals surface area contributed by atoms with Crippen LogP contribution in [0.5, 0.6) is 5.75 Å². The molecule has 1 aromatic rings. The highest BCUT2D eigenvalue weighted by Gasteiger charge is 2.21. The highest BCUT2D eigenvalue weighted by atomic mass is 16.5. The fourth-order valence-corrected chi connectivity index (χ4v) is 2.03. The Balaban J connectivity index is 1.89. The van der Waals surface area contributed by atoms with Gasteiger partial charge in [0.2, 0.25) is 6.41 Å². The van der Waals surface area contributed by atoms with Gasteiger partial charge in [0.05, 0.1) is 18.1 Å². The summed E-state index contributed by atoms with van der Waals surface area (Å²) in [5, 5.41) is 2.55. The molecule has 0 unspecified atom stereocenters. The first-order valence-electron chi connectivity index (χ1n) is 5.78. The van der Waals surface area contributed by atoms with Crippen LogP contribution < -0.4 is 10.1 Å². The van der Waals surface area contributed by atoms with E-state index in [2.05, 4.69) is 22.2 Å². The predicted octanol–water partition coefficient (Wildman–Crippen LogP) is 1.12. The lowest BCUT2D eigenvalue weighted by Crippen LogP contribution is -2.30. The number of nitrogens with zero attached hydrogens (tertiary/aromatic N) is 2. The van der Waals surface area contributed by atoms with Gasteiger partial charge in [-0.3, -0.25) is 9.78 Å². The van der Waals surface area contributed by atoms with E-state index >= 15 is 0 Å². The number of likely N-dealkylation sites (N-methyl/N-ethyl adjacent to an activating group) is 1. The molecular formula is C12H17N3O2. The molecule has 0 saturated carbocycles. The molecule has 1 aromatic heterocycles. The Bertz CT molecular complexity index is 384. The minimum atomic E-state index is 0.484. The second-order valence-corrected chi connectivity index (χ2v) is 4.26. The summed E-state index contributed by atoms with van der Waals surface area (Å²) in [5.74, 6) is 0.692. The normalized spacial score (nSPS) is 20.2. The summed E-state index contributed by atoms with van der Waals surface area (Å²) in [6, 6.07) is 2.26. The molecule has 2 rings (SSSR count). The van der Waals surface area contributed by atoms with E-state index in [1.54, 1.807) is 18.5 Å². The molecule has 0 aromatic carbocycles. The summed E-state index contributed by atoms with van der Waals surface area (Å²) in [7, 11) is 2.11. The maximum absolute atomic E-state index is 10.3. The van der Waals surface area contributed by atoms with Crippen molar-refractivity contribution < 1.29 is 9.53 Å². The number of likely N-dealkylation sites (tertiary alicyclic amines) is 1. The summed E-state index contributed by atoms with van der Waals surface area (Å²) >= 11 is 0. The number of rotatable bonds is 5. The lowest BCUT2D eigenvalue weighted by atomic mass is 10.2. The number of carbonyl (C=O) groups is 1. The first kappa shape index (κ1) is 11.9. The topological polar surface area (TPSA) is 54.5 Å². The summed E-state index contributed by atoms with van der Waals surface area (Å²) in [6.45, 7) is 1.81. The van der Waals surface area contributed by atoms with E-state index in [1.165, 1.54) is 12.8 Å². The van der Waals surface area contributed by atoms with Crippen molar-refractivity contribution in [2.75, 3.05) is 25.5 Å². The maximum atomic E-state index is 10.3. The molecule has 1 aliphatic rings. The predicted molar refractivity (Wildman–Crippen MR) is 65.1 cm³/mol. The van der Waals surface area contributed by atoms with E-state index < -0.39 is 0 Å². The first-order valence-corrected chi connectivity index (χ1v) is 5.78. The quantitative estimate of drug-likeness (QED) is 0.777. The van der Waals surface area contributed by atoms with E-state index in [0.717, 1.165) is 6.54 Å². The molecule has 1 aliphatic heterocycles. The molecule has 92 valence electrons. The van der Waals surface area contributed by atoms with Crippen molar-refractivity contribution in [3.63, 3.8) is 0 Å². The van der Waals surface area contributed by atoms with Crippen LogP contribution >= 0.6 is 0 Å². The third-order valence-electron chi connectivity index (χ3n) is 3.05. The number of amides is 1. The van der Waals surface area contributed by atoms with Gasteiger partial charge < -0.3 is 15.0 Å². The zero-order valence-corrected chi connectivity index (χ0v) is 9.93. The number of pyridine rings is 1. The average molecular weight is 235 g/mol. The van der Waals surface area contributed by atoms with Crippen molar-refractivity contribution in [3.8, 4) is 5.75 Å². The van der Waals surface area contributed by atoms with Crippen LogP contribution in [-0.4, -0.2) is 42.5 Å². The maximum Gasteiger partial charge on any atom is 0.211 e. The third kappa shape index (κ3) is 3.17. The van der Waals surface area contributed by atoms with Gasteiger partial charge in [-0.2, -0.15) is 0 Å². The van der Waals surface area contributed by atoms with Gasteiger partial charge in [-0.25, -0.2) is 0 Å². The number of aromatic nitrogens is 1. The van der Waals surface area contributed by atoms with Crippen LogP contribution in [0.3, 0.4) is 0 Å². The molecule has 0 aliphatic carbocycles. The smallest absolute Gasteiger partial charge is 0.211 e. The molecular weight excluding hydrogens is 218 g/mol. The summed E-state index contributed by atoms with van der Waals surface area (Å²) < 4.78 is 5.69. The van der Waals surface area contributed by atoms with E-state index in [0.29, 0.717) is 30.5 Å². The van der Waals surface area contributed by atoms with Gasteiger partial charge in [0.25, 0.3) is 0 Å². The molecule has 0 spiro atoms. The molecule has 2 heterocycles. The van der Waals surface area contributed by atoms with Gasteiger partial charge in [0.15, 0.2) is 0 Å². The van der Waals surface area contributed by atoms with Crippen molar-refractivity contribution in [1.82, 2.24) is 9.88 Å². The molecule has 1 saturated heterocycles. The van der Waals surface area contributed by atoms with Crippen LogP contribution in [0, 0.1) is 0 Å². The number of anilines is 1. The van der Waals surface area contributed by atoms with Crippen LogP contribution in [0.15, 0.2) is 18.5 Å². The largest absolute Gasteiger partial charge is 0.490 e. The molecule has 0 radical (unpaired) electrons. The fourth-order valence-electron chi connectivity index (χ4n) is 2.03. The van der Waals surface area contributed by atoms with Gasteiger partial charge in [-0.15, -0.1) is 0 Å². The Morgan fingerprint density at radius 1 is 1.65 bits per heavy atom. The van der Waals surface area contributed by atoms with Crippen molar-refractivity contribution in [2.45, 2.75) is 18.9 Å². The van der Waals surface area contributed by atoms with Crippen LogP contribution in [0.25, 0.3) is 0 Å². The standard InChI is InChI=1S/C12H17N3O2/c1-15-4-2-3-11(15)8-17-12-5-10(14-9-16)6-13-7-12/h5-7,9,11H,2-4,8H2,1H3,(H,14,16)/t11-/m1/s1. The molecule has 1 atom stereocenters. The van der Waals surface area contributed by atoms with Crippen molar-refractivity contribution >= 4 is 12.1 Å². The van der Waals surface area contributed by atoms with Crippen LogP contribution in [0.1, 0.15) is 12.8 Å². The van der Waals surface area contributed by atoms with E-state index in [4.69, 9.17) is 4.74 Å². The Kier molecular flexibility index (Phi) is 3.93. The minimum absolute atomic E-state index is 0.484. The Hall–Kier alpha value is -1.62. The van der Waals surface area contributed by atoms with Crippen molar-refractivity contribution in [1.29, 1.82) is 0 Å². The lowest BCUT2D eigenvalue weighted by Gasteiger charge is -2.19.